The molecule has 1 heterocycles. The maximum absolute atomic E-state index is 5.79. The van der Waals surface area contributed by atoms with Crippen LogP contribution in [0, 0.1) is 0 Å². The molecule has 0 radical (unpaired) electrons. The predicted molar refractivity (Wildman–Crippen MR) is 80.6 cm³/mol. The van der Waals surface area contributed by atoms with Crippen molar-refractivity contribution < 1.29 is 4.74 Å². The highest BCUT2D eigenvalue weighted by atomic mass is 16.5. The standard InChI is InChI=1S/C16H23N3O/c1-3-19-12-18-10-15(19)11-20-16-8-6-14(7-9-16)5-4-13(2)17/h6-10,12-13H,3-5,11,17H2,1-2H3. The van der Waals surface area contributed by atoms with Gasteiger partial charge in [0, 0.05) is 12.6 Å². The van der Waals surface area contributed by atoms with Crippen LogP contribution in [0.2, 0.25) is 0 Å². The molecule has 2 N–H and O–H groups in total. The molecule has 0 saturated carbocycles. The van der Waals surface area contributed by atoms with Crippen LogP contribution in [0.5, 0.6) is 5.75 Å². The van der Waals surface area contributed by atoms with Gasteiger partial charge in [-0.1, -0.05) is 12.1 Å². The van der Waals surface area contributed by atoms with Gasteiger partial charge >= 0.3 is 0 Å². The Morgan fingerprint density at radius 3 is 2.70 bits per heavy atom. The van der Waals surface area contributed by atoms with Gasteiger partial charge in [0.1, 0.15) is 12.4 Å². The number of aromatic nitrogens is 2. The Morgan fingerprint density at radius 1 is 1.30 bits per heavy atom. The van der Waals surface area contributed by atoms with E-state index in [9.17, 15) is 0 Å². The van der Waals surface area contributed by atoms with E-state index in [1.165, 1.54) is 5.56 Å². The molecule has 0 aliphatic carbocycles. The summed E-state index contributed by atoms with van der Waals surface area (Å²) in [6, 6.07) is 8.50. The zero-order valence-corrected chi connectivity index (χ0v) is 12.2. The lowest BCUT2D eigenvalue weighted by Gasteiger charge is -2.09. The van der Waals surface area contributed by atoms with Gasteiger partial charge in [-0.25, -0.2) is 4.98 Å². The number of hydrogen-bond donors (Lipinski definition) is 1. The van der Waals surface area contributed by atoms with Crippen molar-refractivity contribution in [3.63, 3.8) is 0 Å². The second-order valence-electron chi connectivity index (χ2n) is 5.12. The van der Waals surface area contributed by atoms with Crippen molar-refractivity contribution in [1.29, 1.82) is 0 Å². The zero-order chi connectivity index (χ0) is 14.4. The highest BCUT2D eigenvalue weighted by molar-refractivity contribution is 5.27. The number of hydrogen-bond acceptors (Lipinski definition) is 3. The molecular weight excluding hydrogens is 250 g/mol. The van der Waals surface area contributed by atoms with E-state index in [0.29, 0.717) is 6.61 Å². The molecule has 0 aliphatic rings. The van der Waals surface area contributed by atoms with Crippen LogP contribution in [0.4, 0.5) is 0 Å². The molecule has 20 heavy (non-hydrogen) atoms. The summed E-state index contributed by atoms with van der Waals surface area (Å²) in [4.78, 5) is 4.13. The van der Waals surface area contributed by atoms with Gasteiger partial charge < -0.3 is 15.0 Å². The first-order valence-corrected chi connectivity index (χ1v) is 7.15. The Bertz CT molecular complexity index is 517. The molecule has 0 saturated heterocycles. The molecule has 1 atom stereocenters. The van der Waals surface area contributed by atoms with Crippen molar-refractivity contribution in [2.24, 2.45) is 5.73 Å². The van der Waals surface area contributed by atoms with Crippen molar-refractivity contribution in [3.8, 4) is 5.75 Å². The minimum atomic E-state index is 0.250. The first kappa shape index (κ1) is 14.6. The Morgan fingerprint density at radius 2 is 2.05 bits per heavy atom. The molecule has 0 fully saturated rings. The number of rotatable bonds is 7. The van der Waals surface area contributed by atoms with E-state index in [1.54, 1.807) is 0 Å². The molecule has 0 bridgehead atoms. The normalized spacial score (nSPS) is 12.3. The SMILES string of the molecule is CCn1cncc1COc1ccc(CCC(C)N)cc1. The fourth-order valence-electron chi connectivity index (χ4n) is 2.06. The Kier molecular flexibility index (Phi) is 5.18. The molecular formula is C16H23N3O. The lowest BCUT2D eigenvalue weighted by molar-refractivity contribution is 0.295. The van der Waals surface area contributed by atoms with E-state index in [0.717, 1.165) is 30.8 Å². The van der Waals surface area contributed by atoms with Crippen LogP contribution in [-0.4, -0.2) is 15.6 Å². The molecule has 4 nitrogen and oxygen atoms in total. The summed E-state index contributed by atoms with van der Waals surface area (Å²) in [6.07, 6.45) is 5.70. The van der Waals surface area contributed by atoms with Crippen LogP contribution >= 0.6 is 0 Å². The van der Waals surface area contributed by atoms with E-state index < -0.39 is 0 Å². The van der Waals surface area contributed by atoms with Gasteiger partial charge in [-0.05, 0) is 44.4 Å². The van der Waals surface area contributed by atoms with Crippen molar-refractivity contribution >= 4 is 0 Å². The number of imidazole rings is 1. The van der Waals surface area contributed by atoms with Crippen LogP contribution in [0.3, 0.4) is 0 Å². The van der Waals surface area contributed by atoms with Gasteiger partial charge in [-0.3, -0.25) is 0 Å². The molecule has 2 aromatic rings. The quantitative estimate of drug-likeness (QED) is 0.844. The number of benzene rings is 1. The summed E-state index contributed by atoms with van der Waals surface area (Å²) in [7, 11) is 0. The average Bonchev–Trinajstić information content (AvgIpc) is 2.91. The molecule has 4 heteroatoms. The third-order valence-corrected chi connectivity index (χ3v) is 3.34. The predicted octanol–water partition coefficient (Wildman–Crippen LogP) is 2.76. The van der Waals surface area contributed by atoms with Gasteiger partial charge in [-0.15, -0.1) is 0 Å². The molecule has 1 aromatic heterocycles. The first-order valence-electron chi connectivity index (χ1n) is 7.15. The number of nitrogens with zero attached hydrogens (tertiary/aromatic N) is 2. The summed E-state index contributed by atoms with van der Waals surface area (Å²) in [5.74, 6) is 0.887. The maximum atomic E-state index is 5.79. The molecule has 0 amide bonds. The van der Waals surface area contributed by atoms with E-state index in [2.05, 4.69) is 28.6 Å². The Hall–Kier alpha value is -1.81. The third-order valence-electron chi connectivity index (χ3n) is 3.34. The lowest BCUT2D eigenvalue weighted by Crippen LogP contribution is -2.15. The zero-order valence-electron chi connectivity index (χ0n) is 12.2. The third kappa shape index (κ3) is 4.10. The molecule has 1 unspecified atom stereocenters. The smallest absolute Gasteiger partial charge is 0.130 e. The highest BCUT2D eigenvalue weighted by Gasteiger charge is 2.02. The second-order valence-corrected chi connectivity index (χ2v) is 5.12. The van der Waals surface area contributed by atoms with Crippen molar-refractivity contribution in [1.82, 2.24) is 9.55 Å². The summed E-state index contributed by atoms with van der Waals surface area (Å²) < 4.78 is 7.87. The molecule has 108 valence electrons. The van der Waals surface area contributed by atoms with E-state index in [4.69, 9.17) is 10.5 Å². The van der Waals surface area contributed by atoms with Gasteiger partial charge in [0.2, 0.25) is 0 Å². The van der Waals surface area contributed by atoms with Crippen LogP contribution in [0.1, 0.15) is 31.5 Å². The topological polar surface area (TPSA) is 53.1 Å². The van der Waals surface area contributed by atoms with E-state index >= 15 is 0 Å². The summed E-state index contributed by atoms with van der Waals surface area (Å²) in [6.45, 7) is 5.59. The molecule has 0 spiro atoms. The maximum Gasteiger partial charge on any atom is 0.130 e. The first-order chi connectivity index (χ1) is 9.69. The van der Waals surface area contributed by atoms with Crippen LogP contribution in [0.25, 0.3) is 0 Å². The highest BCUT2D eigenvalue weighted by Crippen LogP contribution is 2.15. The van der Waals surface area contributed by atoms with E-state index in [-0.39, 0.29) is 6.04 Å². The average molecular weight is 273 g/mol. The second kappa shape index (κ2) is 7.10. The number of aryl methyl sites for hydroxylation is 2. The fourth-order valence-corrected chi connectivity index (χ4v) is 2.06. The summed E-state index contributed by atoms with van der Waals surface area (Å²) in [5, 5.41) is 0. The number of ether oxygens (including phenoxy) is 1. The largest absolute Gasteiger partial charge is 0.487 e. The Balaban J connectivity index is 1.87. The summed E-state index contributed by atoms with van der Waals surface area (Å²) >= 11 is 0. The van der Waals surface area contributed by atoms with Gasteiger partial charge in [0.05, 0.1) is 18.2 Å². The van der Waals surface area contributed by atoms with Crippen LogP contribution < -0.4 is 10.5 Å². The summed E-state index contributed by atoms with van der Waals surface area (Å²) in [5.41, 5.74) is 8.16. The van der Waals surface area contributed by atoms with Crippen LogP contribution in [0.15, 0.2) is 36.8 Å². The molecule has 0 aliphatic heterocycles. The van der Waals surface area contributed by atoms with Gasteiger partial charge in [-0.2, -0.15) is 0 Å². The van der Waals surface area contributed by atoms with Crippen molar-refractivity contribution in [3.05, 3.63) is 48.0 Å². The molecule has 2 rings (SSSR count). The fraction of sp³-hybridized carbons (Fsp3) is 0.438. The van der Waals surface area contributed by atoms with Crippen molar-refractivity contribution in [2.45, 2.75) is 45.9 Å². The minimum absolute atomic E-state index is 0.250. The van der Waals surface area contributed by atoms with Crippen LogP contribution in [-0.2, 0) is 19.6 Å². The monoisotopic (exact) mass is 273 g/mol. The minimum Gasteiger partial charge on any atom is -0.487 e. The number of nitrogens with two attached hydrogens (primary N) is 1. The molecule has 1 aromatic carbocycles. The van der Waals surface area contributed by atoms with Gasteiger partial charge in [0.25, 0.3) is 0 Å². The Labute approximate surface area is 120 Å². The lowest BCUT2D eigenvalue weighted by atomic mass is 10.1. The van der Waals surface area contributed by atoms with E-state index in [1.807, 2.05) is 31.6 Å². The van der Waals surface area contributed by atoms with Crippen molar-refractivity contribution in [2.75, 3.05) is 0 Å². The van der Waals surface area contributed by atoms with Gasteiger partial charge in [0.15, 0.2) is 0 Å².